The van der Waals surface area contributed by atoms with Gasteiger partial charge in [0.25, 0.3) is 0 Å². The third-order valence-corrected chi connectivity index (χ3v) is 5.24. The van der Waals surface area contributed by atoms with Gasteiger partial charge in [-0.1, -0.05) is 48.0 Å². The van der Waals surface area contributed by atoms with Gasteiger partial charge in [-0.15, -0.1) is 0 Å². The van der Waals surface area contributed by atoms with Gasteiger partial charge >= 0.3 is 0 Å². The number of allylic oxidation sites excluding steroid dienone is 1. The Kier molecular flexibility index (Phi) is 6.76. The number of halogens is 1. The number of rotatable bonds is 3. The summed E-state index contributed by atoms with van der Waals surface area (Å²) in [4.78, 5) is 15.5. The molecular weight excluding hydrogens is 372 g/mol. The van der Waals surface area contributed by atoms with E-state index >= 15 is 0 Å². The fourth-order valence-electron chi connectivity index (χ4n) is 3.27. The monoisotopic (exact) mass is 398 g/mol. The molecule has 2 aliphatic rings. The molecular formula is C23H27ClN2O2. The van der Waals surface area contributed by atoms with Gasteiger partial charge < -0.3 is 9.64 Å². The van der Waals surface area contributed by atoms with Crippen LogP contribution in [0.4, 0.5) is 0 Å². The van der Waals surface area contributed by atoms with Crippen molar-refractivity contribution in [1.82, 2.24) is 9.80 Å². The zero-order valence-electron chi connectivity index (χ0n) is 16.7. The third kappa shape index (κ3) is 5.37. The lowest BCUT2D eigenvalue weighted by Crippen LogP contribution is -2.47. The number of piperazine rings is 1. The highest BCUT2D eigenvalue weighted by molar-refractivity contribution is 6.30. The number of aryl methyl sites for hydroxylation is 1. The molecule has 4 nitrogen and oxygen atoms in total. The van der Waals surface area contributed by atoms with E-state index in [4.69, 9.17) is 16.3 Å². The molecule has 0 aromatic heterocycles. The maximum Gasteiger partial charge on any atom is 0.219 e. The van der Waals surface area contributed by atoms with Crippen molar-refractivity contribution in [2.75, 3.05) is 26.2 Å². The molecule has 0 N–H and O–H groups in total. The van der Waals surface area contributed by atoms with Gasteiger partial charge in [0.2, 0.25) is 5.91 Å². The van der Waals surface area contributed by atoms with Crippen LogP contribution in [0.5, 0.6) is 11.5 Å². The summed E-state index contributed by atoms with van der Waals surface area (Å²) in [7, 11) is 0. The summed E-state index contributed by atoms with van der Waals surface area (Å²) in [5, 5.41) is 0.773. The van der Waals surface area contributed by atoms with Gasteiger partial charge in [-0.25, -0.2) is 0 Å². The molecule has 0 saturated carbocycles. The molecule has 28 heavy (non-hydrogen) atoms. The minimum absolute atomic E-state index is 0.177. The van der Waals surface area contributed by atoms with Gasteiger partial charge in [0, 0.05) is 50.2 Å². The second-order valence-corrected chi connectivity index (χ2v) is 7.58. The molecule has 2 aromatic rings. The number of nitrogens with zero attached hydrogens (tertiary/aromatic N) is 2. The summed E-state index contributed by atoms with van der Waals surface area (Å²) >= 11 is 5.85. The lowest BCUT2D eigenvalue weighted by Gasteiger charge is -2.34. The Bertz CT molecular complexity index is 854. The normalized spacial score (nSPS) is 15.5. The van der Waals surface area contributed by atoms with E-state index in [1.165, 1.54) is 16.7 Å². The summed E-state index contributed by atoms with van der Waals surface area (Å²) < 4.78 is 5.30. The number of fused-ring (bicyclic) bond motifs is 1. The fraction of sp³-hybridized carbons (Fsp3) is 0.348. The van der Waals surface area contributed by atoms with Crippen LogP contribution in [-0.4, -0.2) is 41.9 Å². The van der Waals surface area contributed by atoms with Crippen LogP contribution in [0.1, 0.15) is 30.5 Å². The van der Waals surface area contributed by atoms with E-state index in [9.17, 15) is 4.79 Å². The number of benzene rings is 2. The van der Waals surface area contributed by atoms with Crippen molar-refractivity contribution in [3.05, 3.63) is 64.2 Å². The maximum absolute atomic E-state index is 11.2. The standard InChI is InChI=1S/C13H17ClN2O.C10H10O/c1-11(17)16-8-6-15(7-9-16)10-12-2-4-13(14)5-3-12;1-3-4-8-6-5-7(2)9-10(8)11-9/h2-5H,6-10H2,1H3;3-6H,1-2H3. The highest BCUT2D eigenvalue weighted by Crippen LogP contribution is 2.50. The maximum atomic E-state index is 11.2. The van der Waals surface area contributed by atoms with Crippen molar-refractivity contribution in [1.29, 1.82) is 0 Å². The first-order valence-corrected chi connectivity index (χ1v) is 10.0. The minimum atomic E-state index is 0.177. The third-order valence-electron chi connectivity index (χ3n) is 4.99. The Balaban J connectivity index is 0.000000176. The first kappa shape index (κ1) is 20.4. The number of amides is 1. The van der Waals surface area contributed by atoms with E-state index in [0.29, 0.717) is 0 Å². The lowest BCUT2D eigenvalue weighted by atomic mass is 10.1. The molecule has 0 atom stereocenters. The quantitative estimate of drug-likeness (QED) is 0.573. The van der Waals surface area contributed by atoms with Crippen LogP contribution in [0.25, 0.3) is 6.08 Å². The van der Waals surface area contributed by atoms with Gasteiger partial charge in [0.15, 0.2) is 11.5 Å². The predicted molar refractivity (Wildman–Crippen MR) is 115 cm³/mol. The molecule has 5 heteroatoms. The Labute approximate surface area is 172 Å². The van der Waals surface area contributed by atoms with Crippen LogP contribution in [0.2, 0.25) is 5.02 Å². The molecule has 2 aromatic carbocycles. The van der Waals surface area contributed by atoms with Crippen molar-refractivity contribution >= 4 is 23.6 Å². The zero-order chi connectivity index (χ0) is 20.1. The number of hydrogen-bond donors (Lipinski definition) is 0. The Morgan fingerprint density at radius 2 is 1.75 bits per heavy atom. The van der Waals surface area contributed by atoms with Crippen molar-refractivity contribution < 1.29 is 9.53 Å². The molecule has 1 amide bonds. The second kappa shape index (κ2) is 9.26. The molecule has 1 saturated heterocycles. The molecule has 0 spiro atoms. The van der Waals surface area contributed by atoms with Crippen molar-refractivity contribution in [3.8, 4) is 11.5 Å². The average Bonchev–Trinajstić information content (AvgIpc) is 3.49. The van der Waals surface area contributed by atoms with Crippen LogP contribution < -0.4 is 4.74 Å². The summed E-state index contributed by atoms with van der Waals surface area (Å²) in [5.41, 5.74) is 3.69. The average molecular weight is 399 g/mol. The molecule has 2 aliphatic heterocycles. The smallest absolute Gasteiger partial charge is 0.219 e. The number of ether oxygens (including phenoxy) is 1. The first-order chi connectivity index (χ1) is 13.5. The topological polar surface area (TPSA) is 36.1 Å². The van der Waals surface area contributed by atoms with E-state index in [1.54, 1.807) is 6.92 Å². The van der Waals surface area contributed by atoms with Crippen LogP contribution >= 0.6 is 11.6 Å². The Hall–Kier alpha value is -2.30. The Morgan fingerprint density at radius 1 is 1.07 bits per heavy atom. The predicted octanol–water partition coefficient (Wildman–Crippen LogP) is 5.14. The number of hydrogen-bond acceptors (Lipinski definition) is 3. The molecule has 0 bridgehead atoms. The van der Waals surface area contributed by atoms with Crippen molar-refractivity contribution in [2.24, 2.45) is 0 Å². The molecule has 2 heterocycles. The Morgan fingerprint density at radius 3 is 2.36 bits per heavy atom. The fourth-order valence-corrected chi connectivity index (χ4v) is 3.40. The van der Waals surface area contributed by atoms with E-state index in [1.807, 2.05) is 30.0 Å². The largest absolute Gasteiger partial charge is 0.449 e. The van der Waals surface area contributed by atoms with E-state index in [-0.39, 0.29) is 5.91 Å². The van der Waals surface area contributed by atoms with Crippen LogP contribution in [0.15, 0.2) is 42.5 Å². The molecule has 0 radical (unpaired) electrons. The SMILES string of the molecule is CC(=O)N1CCN(Cc2ccc(Cl)cc2)CC1.CC=Cc1ccc(C)c2c1O2. The minimum Gasteiger partial charge on any atom is -0.449 e. The van der Waals surface area contributed by atoms with Crippen LogP contribution in [0, 0.1) is 6.92 Å². The highest BCUT2D eigenvalue weighted by Gasteiger charge is 2.25. The molecule has 1 fully saturated rings. The van der Waals surface area contributed by atoms with E-state index in [2.05, 4.69) is 42.2 Å². The van der Waals surface area contributed by atoms with Crippen molar-refractivity contribution in [2.45, 2.75) is 27.3 Å². The zero-order valence-corrected chi connectivity index (χ0v) is 17.5. The van der Waals surface area contributed by atoms with Gasteiger partial charge in [0.05, 0.1) is 0 Å². The van der Waals surface area contributed by atoms with Gasteiger partial charge in [-0.05, 0) is 37.1 Å². The lowest BCUT2D eigenvalue weighted by molar-refractivity contribution is -0.130. The number of carbonyl (C=O) groups excluding carboxylic acids is 1. The molecule has 0 unspecified atom stereocenters. The van der Waals surface area contributed by atoms with Crippen LogP contribution in [0.3, 0.4) is 0 Å². The highest BCUT2D eigenvalue weighted by atomic mass is 35.5. The number of carbonyl (C=O) groups is 1. The summed E-state index contributed by atoms with van der Waals surface area (Å²) in [5.74, 6) is 2.31. The van der Waals surface area contributed by atoms with E-state index < -0.39 is 0 Å². The van der Waals surface area contributed by atoms with Crippen molar-refractivity contribution in [3.63, 3.8) is 0 Å². The van der Waals surface area contributed by atoms with Gasteiger partial charge in [-0.3, -0.25) is 9.69 Å². The van der Waals surface area contributed by atoms with Gasteiger partial charge in [-0.2, -0.15) is 0 Å². The summed E-state index contributed by atoms with van der Waals surface area (Å²) in [6.07, 6.45) is 4.08. The molecule has 148 valence electrons. The second-order valence-electron chi connectivity index (χ2n) is 7.14. The van der Waals surface area contributed by atoms with Gasteiger partial charge in [0.1, 0.15) is 0 Å². The first-order valence-electron chi connectivity index (χ1n) is 9.64. The molecule has 4 rings (SSSR count). The summed E-state index contributed by atoms with van der Waals surface area (Å²) in [6.45, 7) is 10.2. The van der Waals surface area contributed by atoms with Crippen LogP contribution in [-0.2, 0) is 11.3 Å². The summed E-state index contributed by atoms with van der Waals surface area (Å²) in [6, 6.07) is 12.1. The van der Waals surface area contributed by atoms with E-state index in [0.717, 1.165) is 49.2 Å². The molecule has 0 aliphatic carbocycles.